The van der Waals surface area contributed by atoms with Crippen molar-refractivity contribution in [3.63, 3.8) is 0 Å². The SMILES string of the molecule is O=C(Nc1cncc(-c2cc3c(-c4nc5c(N6CCCCC6)nccc5[nH]4)n[nH]c3cc2F)c1)C1CCCC1. The second-order valence-electron chi connectivity index (χ2n) is 10.5. The molecule has 1 aromatic carbocycles. The summed E-state index contributed by atoms with van der Waals surface area (Å²) < 4.78 is 15.3. The number of H-pyrrole nitrogens is 2. The summed E-state index contributed by atoms with van der Waals surface area (Å²) in [5, 5.41) is 11.1. The largest absolute Gasteiger partial charge is 0.355 e. The van der Waals surface area contributed by atoms with E-state index in [2.05, 4.69) is 35.4 Å². The minimum absolute atomic E-state index is 0.00259. The molecular formula is C29H29FN8O. The average molecular weight is 525 g/mol. The van der Waals surface area contributed by atoms with Crippen LogP contribution in [0.5, 0.6) is 0 Å². The Morgan fingerprint density at radius 1 is 1.03 bits per heavy atom. The number of aromatic nitrogens is 6. The van der Waals surface area contributed by atoms with Crippen molar-refractivity contribution in [3.05, 3.63) is 48.7 Å². The van der Waals surface area contributed by atoms with E-state index in [0.29, 0.717) is 33.8 Å². The predicted molar refractivity (Wildman–Crippen MR) is 149 cm³/mol. The highest BCUT2D eigenvalue weighted by Crippen LogP contribution is 2.34. The molecule has 2 aliphatic rings. The molecule has 0 radical (unpaired) electrons. The summed E-state index contributed by atoms with van der Waals surface area (Å²) in [4.78, 5) is 32.1. The van der Waals surface area contributed by atoms with Crippen molar-refractivity contribution < 1.29 is 9.18 Å². The molecule has 10 heteroatoms. The molecule has 1 aliphatic carbocycles. The maximum Gasteiger partial charge on any atom is 0.227 e. The maximum absolute atomic E-state index is 15.3. The lowest BCUT2D eigenvalue weighted by atomic mass is 10.0. The number of aromatic amines is 2. The molecule has 39 heavy (non-hydrogen) atoms. The Bertz CT molecular complexity index is 1680. The summed E-state index contributed by atoms with van der Waals surface area (Å²) in [7, 11) is 0. The number of nitrogens with one attached hydrogen (secondary N) is 3. The molecule has 5 heterocycles. The van der Waals surface area contributed by atoms with Crippen LogP contribution in [0.15, 0.2) is 42.9 Å². The minimum Gasteiger partial charge on any atom is -0.355 e. The van der Waals surface area contributed by atoms with Crippen LogP contribution in [0.25, 0.3) is 44.6 Å². The van der Waals surface area contributed by atoms with Crippen molar-refractivity contribution in [1.82, 2.24) is 30.1 Å². The molecule has 0 atom stereocenters. The Kier molecular flexibility index (Phi) is 5.94. The quantitative estimate of drug-likeness (QED) is 0.267. The van der Waals surface area contributed by atoms with Crippen LogP contribution in [0.1, 0.15) is 44.9 Å². The van der Waals surface area contributed by atoms with Crippen molar-refractivity contribution in [2.75, 3.05) is 23.3 Å². The molecule has 5 aromatic rings. The average Bonchev–Trinajstić information content (AvgIpc) is 3.72. The third-order valence-corrected chi connectivity index (χ3v) is 7.95. The Labute approximate surface area is 224 Å². The molecule has 1 saturated carbocycles. The van der Waals surface area contributed by atoms with E-state index in [0.717, 1.165) is 73.9 Å². The van der Waals surface area contributed by atoms with Crippen LogP contribution in [0, 0.1) is 11.7 Å². The zero-order valence-corrected chi connectivity index (χ0v) is 21.5. The van der Waals surface area contributed by atoms with Gasteiger partial charge in [0.15, 0.2) is 11.6 Å². The smallest absolute Gasteiger partial charge is 0.227 e. The maximum atomic E-state index is 15.3. The normalized spacial score (nSPS) is 16.4. The lowest BCUT2D eigenvalue weighted by Gasteiger charge is -2.27. The third kappa shape index (κ3) is 4.39. The number of carbonyl (C=O) groups excluding carboxylic acids is 1. The third-order valence-electron chi connectivity index (χ3n) is 7.95. The van der Waals surface area contributed by atoms with Crippen LogP contribution in [0.4, 0.5) is 15.9 Å². The van der Waals surface area contributed by atoms with Gasteiger partial charge in [-0.25, -0.2) is 14.4 Å². The molecule has 198 valence electrons. The first-order chi connectivity index (χ1) is 19.1. The number of fused-ring (bicyclic) bond motifs is 2. The van der Waals surface area contributed by atoms with Gasteiger partial charge in [-0.2, -0.15) is 5.10 Å². The predicted octanol–water partition coefficient (Wildman–Crippen LogP) is 5.82. The minimum atomic E-state index is -0.403. The topological polar surface area (TPSA) is 115 Å². The van der Waals surface area contributed by atoms with Crippen LogP contribution in [-0.4, -0.2) is 49.1 Å². The molecule has 1 saturated heterocycles. The standard InChI is InChI=1S/C29H29FN8O/c30-22-14-24-21(13-20(22)18-12-19(16-31-15-18)33-29(39)17-6-2-3-7-17)25(37-36-24)27-34-23-8-9-32-28(26(23)35-27)38-10-4-1-5-11-38/h8-9,12-17H,1-7,10-11H2,(H,33,39)(H,34,35)(H,36,37). The molecule has 3 N–H and O–H groups in total. The first kappa shape index (κ1) is 23.8. The van der Waals surface area contributed by atoms with Gasteiger partial charge in [0.25, 0.3) is 0 Å². The first-order valence-corrected chi connectivity index (χ1v) is 13.7. The van der Waals surface area contributed by atoms with Crippen molar-refractivity contribution in [2.45, 2.75) is 44.9 Å². The number of imidazole rings is 1. The summed E-state index contributed by atoms with van der Waals surface area (Å²) in [6, 6.07) is 6.88. The fourth-order valence-electron chi connectivity index (χ4n) is 5.90. The van der Waals surface area contributed by atoms with Gasteiger partial charge in [-0.05, 0) is 50.3 Å². The number of hydrogen-bond acceptors (Lipinski definition) is 6. The molecule has 1 amide bonds. The van der Waals surface area contributed by atoms with E-state index in [4.69, 9.17) is 4.98 Å². The van der Waals surface area contributed by atoms with E-state index in [1.165, 1.54) is 12.5 Å². The molecule has 1 aliphatic heterocycles. The van der Waals surface area contributed by atoms with Crippen molar-refractivity contribution in [1.29, 1.82) is 0 Å². The molecule has 0 bridgehead atoms. The van der Waals surface area contributed by atoms with Crippen molar-refractivity contribution >= 4 is 39.3 Å². The van der Waals surface area contributed by atoms with Gasteiger partial charge in [0.2, 0.25) is 5.91 Å². The van der Waals surface area contributed by atoms with Gasteiger partial charge < -0.3 is 15.2 Å². The molecule has 9 nitrogen and oxygen atoms in total. The summed E-state index contributed by atoms with van der Waals surface area (Å²) in [5.41, 5.74) is 4.38. The zero-order chi connectivity index (χ0) is 26.3. The summed E-state index contributed by atoms with van der Waals surface area (Å²) in [5.74, 6) is 1.10. The van der Waals surface area contributed by atoms with Gasteiger partial charge in [-0.1, -0.05) is 12.8 Å². The molecule has 7 rings (SSSR count). The van der Waals surface area contributed by atoms with E-state index in [1.54, 1.807) is 30.7 Å². The fraction of sp³-hybridized carbons (Fsp3) is 0.345. The van der Waals surface area contributed by atoms with Gasteiger partial charge >= 0.3 is 0 Å². The van der Waals surface area contributed by atoms with E-state index in [-0.39, 0.29) is 11.8 Å². The number of anilines is 2. The molecule has 0 spiro atoms. The Balaban J connectivity index is 1.25. The molecule has 2 fully saturated rings. The fourth-order valence-corrected chi connectivity index (χ4v) is 5.90. The molecular weight excluding hydrogens is 495 g/mol. The highest BCUT2D eigenvalue weighted by atomic mass is 19.1. The van der Waals surface area contributed by atoms with E-state index in [1.807, 2.05) is 6.07 Å². The molecule has 0 unspecified atom stereocenters. The number of amides is 1. The van der Waals surface area contributed by atoms with Gasteiger partial charge in [-0.3, -0.25) is 14.9 Å². The van der Waals surface area contributed by atoms with Gasteiger partial charge in [0.1, 0.15) is 17.0 Å². The van der Waals surface area contributed by atoms with Crippen LogP contribution < -0.4 is 10.2 Å². The summed E-state index contributed by atoms with van der Waals surface area (Å²) in [6.07, 6.45) is 12.5. The van der Waals surface area contributed by atoms with E-state index in [9.17, 15) is 4.79 Å². The van der Waals surface area contributed by atoms with Gasteiger partial charge in [-0.15, -0.1) is 0 Å². The van der Waals surface area contributed by atoms with Gasteiger partial charge in [0.05, 0.1) is 22.9 Å². The lowest BCUT2D eigenvalue weighted by Crippen LogP contribution is -2.30. The highest BCUT2D eigenvalue weighted by Gasteiger charge is 2.23. The second-order valence-corrected chi connectivity index (χ2v) is 10.5. The summed E-state index contributed by atoms with van der Waals surface area (Å²) in [6.45, 7) is 1.94. The number of halogens is 1. The second kappa shape index (κ2) is 9.76. The zero-order valence-electron chi connectivity index (χ0n) is 21.5. The number of rotatable bonds is 5. The number of pyridine rings is 2. The van der Waals surface area contributed by atoms with Crippen LogP contribution >= 0.6 is 0 Å². The highest BCUT2D eigenvalue weighted by molar-refractivity contribution is 5.98. The Hall–Kier alpha value is -4.34. The Morgan fingerprint density at radius 3 is 2.72 bits per heavy atom. The van der Waals surface area contributed by atoms with Crippen LogP contribution in [-0.2, 0) is 4.79 Å². The first-order valence-electron chi connectivity index (χ1n) is 13.7. The number of piperidine rings is 1. The Morgan fingerprint density at radius 2 is 1.87 bits per heavy atom. The van der Waals surface area contributed by atoms with Crippen molar-refractivity contribution in [2.24, 2.45) is 5.92 Å². The van der Waals surface area contributed by atoms with Crippen LogP contribution in [0.2, 0.25) is 0 Å². The van der Waals surface area contributed by atoms with Crippen molar-refractivity contribution in [3.8, 4) is 22.6 Å². The number of carbonyl (C=O) groups is 1. The number of benzene rings is 1. The number of hydrogen-bond donors (Lipinski definition) is 3. The lowest BCUT2D eigenvalue weighted by molar-refractivity contribution is -0.119. The number of nitrogens with zero attached hydrogens (tertiary/aromatic N) is 5. The van der Waals surface area contributed by atoms with E-state index < -0.39 is 5.82 Å². The monoisotopic (exact) mass is 524 g/mol. The van der Waals surface area contributed by atoms with Gasteiger partial charge in [0, 0.05) is 54.0 Å². The molecule has 4 aromatic heterocycles. The van der Waals surface area contributed by atoms with Crippen LogP contribution in [0.3, 0.4) is 0 Å². The summed E-state index contributed by atoms with van der Waals surface area (Å²) >= 11 is 0. The van der Waals surface area contributed by atoms with E-state index >= 15 is 4.39 Å².